The first-order valence-corrected chi connectivity index (χ1v) is 7.30. The van der Waals surface area contributed by atoms with Crippen LogP contribution in [0.3, 0.4) is 0 Å². The lowest BCUT2D eigenvalue weighted by Crippen LogP contribution is -1.98. The van der Waals surface area contributed by atoms with Crippen molar-refractivity contribution in [3.05, 3.63) is 56.6 Å². The molecular weight excluding hydrogens is 383 g/mol. The lowest BCUT2D eigenvalue weighted by atomic mass is 10.2. The van der Waals surface area contributed by atoms with Gasteiger partial charge in [-0.15, -0.1) is 0 Å². The lowest BCUT2D eigenvalue weighted by molar-refractivity contribution is 0.0693. The highest BCUT2D eigenvalue weighted by molar-refractivity contribution is 14.1. The normalized spacial score (nSPS) is 10.3. The van der Waals surface area contributed by atoms with Gasteiger partial charge in [-0.2, -0.15) is 0 Å². The summed E-state index contributed by atoms with van der Waals surface area (Å²) in [5.41, 5.74) is 0.228. The number of rotatable bonds is 3. The maximum Gasteiger partial charge on any atom is 0.336 e. The Labute approximate surface area is 127 Å². The minimum absolute atomic E-state index is 0.228. The molecule has 0 bridgehead atoms. The van der Waals surface area contributed by atoms with Gasteiger partial charge in [0.2, 0.25) is 0 Å². The standard InChI is InChI=1S/C13H8ClIO2S/c14-8-1-6-12(11(7-8)13(16)17)18-10-4-2-9(15)3-5-10/h1-7H,(H,16,17). The van der Waals surface area contributed by atoms with Gasteiger partial charge in [0.1, 0.15) is 0 Å². The fourth-order valence-corrected chi connectivity index (χ4v) is 2.84. The monoisotopic (exact) mass is 390 g/mol. The van der Waals surface area contributed by atoms with Crippen LogP contribution in [0.2, 0.25) is 5.02 Å². The zero-order valence-corrected chi connectivity index (χ0v) is 12.8. The summed E-state index contributed by atoms with van der Waals surface area (Å²) in [5, 5.41) is 9.57. The van der Waals surface area contributed by atoms with Crippen molar-refractivity contribution in [1.82, 2.24) is 0 Å². The van der Waals surface area contributed by atoms with Crippen LogP contribution in [0.5, 0.6) is 0 Å². The first kappa shape index (κ1) is 13.7. The van der Waals surface area contributed by atoms with Crippen LogP contribution in [0, 0.1) is 3.57 Å². The third-order valence-electron chi connectivity index (χ3n) is 2.21. The highest BCUT2D eigenvalue weighted by Crippen LogP contribution is 2.32. The molecule has 2 aromatic rings. The number of aromatic carboxylic acids is 1. The molecule has 0 saturated carbocycles. The topological polar surface area (TPSA) is 37.3 Å². The molecule has 18 heavy (non-hydrogen) atoms. The van der Waals surface area contributed by atoms with E-state index in [1.807, 2.05) is 24.3 Å². The van der Waals surface area contributed by atoms with Crippen LogP contribution in [-0.2, 0) is 0 Å². The van der Waals surface area contributed by atoms with Gasteiger partial charge in [-0.3, -0.25) is 0 Å². The Hall–Kier alpha value is -0.720. The van der Waals surface area contributed by atoms with E-state index in [4.69, 9.17) is 16.7 Å². The summed E-state index contributed by atoms with van der Waals surface area (Å²) in [4.78, 5) is 12.8. The summed E-state index contributed by atoms with van der Waals surface area (Å²) in [6.45, 7) is 0. The van der Waals surface area contributed by atoms with Crippen molar-refractivity contribution in [3.8, 4) is 0 Å². The van der Waals surface area contributed by atoms with Gasteiger partial charge in [-0.1, -0.05) is 23.4 Å². The molecular formula is C13H8ClIO2S. The molecule has 5 heteroatoms. The van der Waals surface area contributed by atoms with Crippen molar-refractivity contribution >= 4 is 51.9 Å². The highest BCUT2D eigenvalue weighted by Gasteiger charge is 2.11. The third kappa shape index (κ3) is 3.40. The van der Waals surface area contributed by atoms with E-state index in [0.717, 1.165) is 8.47 Å². The molecule has 0 saturated heterocycles. The Bertz CT molecular complexity index is 584. The Morgan fingerprint density at radius 2 is 1.83 bits per heavy atom. The largest absolute Gasteiger partial charge is 0.478 e. The van der Waals surface area contributed by atoms with E-state index in [9.17, 15) is 4.79 Å². The van der Waals surface area contributed by atoms with Crippen LogP contribution < -0.4 is 0 Å². The molecule has 0 heterocycles. The third-order valence-corrected chi connectivity index (χ3v) is 4.25. The zero-order valence-electron chi connectivity index (χ0n) is 9.06. The quantitative estimate of drug-likeness (QED) is 0.765. The fourth-order valence-electron chi connectivity index (χ4n) is 1.39. The van der Waals surface area contributed by atoms with Gasteiger partial charge in [0.25, 0.3) is 0 Å². The second-order valence-electron chi connectivity index (χ2n) is 3.50. The van der Waals surface area contributed by atoms with Gasteiger partial charge in [-0.25, -0.2) is 4.79 Å². The summed E-state index contributed by atoms with van der Waals surface area (Å²) in [5.74, 6) is -0.967. The van der Waals surface area contributed by atoms with Gasteiger partial charge < -0.3 is 5.11 Å². The van der Waals surface area contributed by atoms with E-state index in [2.05, 4.69) is 22.6 Å². The second kappa shape index (κ2) is 5.95. The molecule has 2 nitrogen and oxygen atoms in total. The molecule has 0 radical (unpaired) electrons. The molecule has 0 aromatic heterocycles. The molecule has 2 aromatic carbocycles. The number of carboxylic acid groups (broad SMARTS) is 1. The minimum Gasteiger partial charge on any atom is -0.478 e. The molecule has 0 aliphatic heterocycles. The van der Waals surface area contributed by atoms with E-state index in [-0.39, 0.29) is 5.56 Å². The average molecular weight is 391 g/mol. The van der Waals surface area contributed by atoms with Crippen molar-refractivity contribution in [3.63, 3.8) is 0 Å². The van der Waals surface area contributed by atoms with E-state index in [1.165, 1.54) is 17.8 Å². The first-order valence-electron chi connectivity index (χ1n) is 5.02. The van der Waals surface area contributed by atoms with Crippen LogP contribution in [-0.4, -0.2) is 11.1 Å². The van der Waals surface area contributed by atoms with Gasteiger partial charge in [0, 0.05) is 18.4 Å². The van der Waals surface area contributed by atoms with E-state index in [1.54, 1.807) is 12.1 Å². The zero-order chi connectivity index (χ0) is 13.1. The SMILES string of the molecule is O=C(O)c1cc(Cl)ccc1Sc1ccc(I)cc1. The van der Waals surface area contributed by atoms with Crippen LogP contribution in [0.4, 0.5) is 0 Å². The number of hydrogen-bond acceptors (Lipinski definition) is 2. The molecule has 0 aliphatic carbocycles. The molecule has 2 rings (SSSR count). The number of carboxylic acids is 1. The van der Waals surface area contributed by atoms with Gasteiger partial charge in [-0.05, 0) is 65.1 Å². The molecule has 92 valence electrons. The van der Waals surface area contributed by atoms with Crippen LogP contribution in [0.1, 0.15) is 10.4 Å². The predicted octanol–water partition coefficient (Wildman–Crippen LogP) is 4.79. The summed E-state index contributed by atoms with van der Waals surface area (Å²) >= 11 is 9.46. The number of halogens is 2. The first-order chi connectivity index (χ1) is 8.56. The van der Waals surface area contributed by atoms with Crippen LogP contribution in [0.15, 0.2) is 52.3 Å². The Kier molecular flexibility index (Phi) is 4.53. The molecule has 0 aliphatic rings. The Morgan fingerprint density at radius 3 is 2.44 bits per heavy atom. The summed E-state index contributed by atoms with van der Waals surface area (Å²) in [6.07, 6.45) is 0. The highest BCUT2D eigenvalue weighted by atomic mass is 127. The summed E-state index contributed by atoms with van der Waals surface area (Å²) in [6, 6.07) is 12.8. The van der Waals surface area contributed by atoms with Crippen molar-refractivity contribution < 1.29 is 9.90 Å². The molecule has 0 fully saturated rings. The Morgan fingerprint density at radius 1 is 1.17 bits per heavy atom. The average Bonchev–Trinajstić information content (AvgIpc) is 2.34. The number of benzene rings is 2. The van der Waals surface area contributed by atoms with E-state index >= 15 is 0 Å². The van der Waals surface area contributed by atoms with Crippen molar-refractivity contribution in [2.45, 2.75) is 9.79 Å². The minimum atomic E-state index is -0.967. The van der Waals surface area contributed by atoms with Crippen LogP contribution >= 0.6 is 46.0 Å². The Balaban J connectivity index is 2.34. The van der Waals surface area contributed by atoms with Crippen molar-refractivity contribution in [2.75, 3.05) is 0 Å². The second-order valence-corrected chi connectivity index (χ2v) is 6.30. The van der Waals surface area contributed by atoms with Crippen molar-refractivity contribution in [1.29, 1.82) is 0 Å². The van der Waals surface area contributed by atoms with Gasteiger partial charge in [0.15, 0.2) is 0 Å². The van der Waals surface area contributed by atoms with Crippen LogP contribution in [0.25, 0.3) is 0 Å². The molecule has 0 atom stereocenters. The fraction of sp³-hybridized carbons (Fsp3) is 0. The number of hydrogen-bond donors (Lipinski definition) is 1. The predicted molar refractivity (Wildman–Crippen MR) is 81.7 cm³/mol. The number of carbonyl (C=O) groups is 1. The van der Waals surface area contributed by atoms with Gasteiger partial charge >= 0.3 is 5.97 Å². The summed E-state index contributed by atoms with van der Waals surface area (Å²) < 4.78 is 1.14. The summed E-state index contributed by atoms with van der Waals surface area (Å²) in [7, 11) is 0. The van der Waals surface area contributed by atoms with Crippen molar-refractivity contribution in [2.24, 2.45) is 0 Å². The smallest absolute Gasteiger partial charge is 0.336 e. The van der Waals surface area contributed by atoms with Gasteiger partial charge in [0.05, 0.1) is 5.56 Å². The molecule has 0 unspecified atom stereocenters. The molecule has 0 spiro atoms. The van der Waals surface area contributed by atoms with E-state index < -0.39 is 5.97 Å². The van der Waals surface area contributed by atoms with E-state index in [0.29, 0.717) is 9.92 Å². The molecule has 1 N–H and O–H groups in total. The molecule has 0 amide bonds. The maximum atomic E-state index is 11.1. The maximum absolute atomic E-state index is 11.1. The lowest BCUT2D eigenvalue weighted by Gasteiger charge is -2.06.